The number of hydrazine groups is 1. The van der Waals surface area contributed by atoms with E-state index in [0.29, 0.717) is 5.01 Å². The van der Waals surface area contributed by atoms with Crippen molar-refractivity contribution in [2.24, 2.45) is 0 Å². The number of hydrogen-bond acceptors (Lipinski definition) is 5. The summed E-state index contributed by atoms with van der Waals surface area (Å²) in [6.07, 6.45) is -0.365. The molecule has 0 fully saturated rings. The molecule has 2 amide bonds. The van der Waals surface area contributed by atoms with Gasteiger partial charge in [0.15, 0.2) is 5.03 Å². The van der Waals surface area contributed by atoms with E-state index in [1.54, 1.807) is 18.2 Å². The maximum Gasteiger partial charge on any atom is 0.313 e. The van der Waals surface area contributed by atoms with Gasteiger partial charge in [0, 0.05) is 5.56 Å². The molecule has 0 bridgehead atoms. The van der Waals surface area contributed by atoms with Gasteiger partial charge in [0.1, 0.15) is 0 Å². The lowest BCUT2D eigenvalue weighted by molar-refractivity contribution is -0.631. The smallest absolute Gasteiger partial charge is 0.289 e. The SMILES string of the molecule is O=C(CCN(C(=O)c1ccccc1)[N+](=O)[O-])NO. The molecule has 0 aromatic heterocycles. The minimum atomic E-state index is -0.889. The molecule has 2 N–H and O–H groups in total. The number of nitrogens with one attached hydrogen (secondary N) is 1. The van der Waals surface area contributed by atoms with E-state index in [1.165, 1.54) is 17.6 Å². The normalized spacial score (nSPS) is 9.61. The maximum atomic E-state index is 11.8. The zero-order valence-electron chi connectivity index (χ0n) is 9.28. The Morgan fingerprint density at radius 2 is 1.94 bits per heavy atom. The van der Waals surface area contributed by atoms with Crippen molar-refractivity contribution >= 4 is 11.8 Å². The van der Waals surface area contributed by atoms with Crippen LogP contribution in [0.3, 0.4) is 0 Å². The average molecular weight is 253 g/mol. The molecule has 1 rings (SSSR count). The second kappa shape index (κ2) is 6.30. The number of amides is 2. The first-order chi connectivity index (χ1) is 8.56. The van der Waals surface area contributed by atoms with E-state index < -0.39 is 23.4 Å². The van der Waals surface area contributed by atoms with Crippen molar-refractivity contribution in [3.05, 3.63) is 46.0 Å². The number of nitro groups is 1. The third-order valence-electron chi connectivity index (χ3n) is 2.13. The van der Waals surface area contributed by atoms with Crippen molar-refractivity contribution in [3.8, 4) is 0 Å². The molecule has 1 aromatic rings. The van der Waals surface area contributed by atoms with Gasteiger partial charge in [0.2, 0.25) is 5.91 Å². The fourth-order valence-electron chi connectivity index (χ4n) is 1.25. The Hall–Kier alpha value is -2.48. The van der Waals surface area contributed by atoms with Crippen molar-refractivity contribution in [2.75, 3.05) is 6.54 Å². The van der Waals surface area contributed by atoms with Crippen LogP contribution in [0.5, 0.6) is 0 Å². The van der Waals surface area contributed by atoms with Crippen LogP contribution in [0, 0.1) is 10.1 Å². The van der Waals surface area contributed by atoms with E-state index in [4.69, 9.17) is 5.21 Å². The predicted molar refractivity (Wildman–Crippen MR) is 59.0 cm³/mol. The Labute approximate surface area is 102 Å². The van der Waals surface area contributed by atoms with Gasteiger partial charge in [-0.1, -0.05) is 23.2 Å². The Kier molecular flexibility index (Phi) is 4.76. The standard InChI is InChI=1S/C10H11N3O5/c14-9(11-16)6-7-12(13(17)18)10(15)8-4-2-1-3-5-8/h1-5,16H,6-7H2,(H,11,14). The molecular weight excluding hydrogens is 242 g/mol. The van der Waals surface area contributed by atoms with E-state index >= 15 is 0 Å². The first kappa shape index (κ1) is 13.6. The van der Waals surface area contributed by atoms with Gasteiger partial charge in [0.05, 0.1) is 13.0 Å². The summed E-state index contributed by atoms with van der Waals surface area (Å²) < 4.78 is 0. The van der Waals surface area contributed by atoms with E-state index in [2.05, 4.69) is 0 Å². The van der Waals surface area contributed by atoms with Gasteiger partial charge < -0.3 is 0 Å². The summed E-state index contributed by atoms with van der Waals surface area (Å²) in [5.74, 6) is -1.62. The summed E-state index contributed by atoms with van der Waals surface area (Å²) in [5, 5.41) is 18.4. The highest BCUT2D eigenvalue weighted by molar-refractivity contribution is 5.93. The summed E-state index contributed by atoms with van der Waals surface area (Å²) in [6.45, 7) is -0.423. The lowest BCUT2D eigenvalue weighted by atomic mass is 10.2. The van der Waals surface area contributed by atoms with Gasteiger partial charge in [0.25, 0.3) is 0 Å². The second-order valence-corrected chi connectivity index (χ2v) is 3.32. The summed E-state index contributed by atoms with van der Waals surface area (Å²) in [5.41, 5.74) is 1.49. The fraction of sp³-hybridized carbons (Fsp3) is 0.200. The topological polar surface area (TPSA) is 113 Å². The van der Waals surface area contributed by atoms with E-state index in [1.807, 2.05) is 0 Å². The second-order valence-electron chi connectivity index (χ2n) is 3.32. The highest BCUT2D eigenvalue weighted by Gasteiger charge is 2.25. The van der Waals surface area contributed by atoms with Crippen molar-refractivity contribution in [2.45, 2.75) is 6.42 Å². The zero-order valence-corrected chi connectivity index (χ0v) is 9.28. The van der Waals surface area contributed by atoms with Gasteiger partial charge in [-0.05, 0) is 12.1 Å². The third-order valence-corrected chi connectivity index (χ3v) is 2.13. The molecule has 0 aliphatic rings. The molecule has 8 heteroatoms. The third kappa shape index (κ3) is 3.52. The molecule has 0 unspecified atom stereocenters. The van der Waals surface area contributed by atoms with Gasteiger partial charge in [-0.3, -0.25) is 14.8 Å². The summed E-state index contributed by atoms with van der Waals surface area (Å²) in [4.78, 5) is 33.3. The number of rotatable bonds is 5. The minimum absolute atomic E-state index is 0.151. The fourth-order valence-corrected chi connectivity index (χ4v) is 1.25. The molecule has 0 heterocycles. The lowest BCUT2D eigenvalue weighted by Crippen LogP contribution is -2.38. The van der Waals surface area contributed by atoms with Gasteiger partial charge in [-0.15, -0.1) is 0 Å². The summed E-state index contributed by atoms with van der Waals surface area (Å²) >= 11 is 0. The number of benzene rings is 1. The number of hydroxylamine groups is 1. The van der Waals surface area contributed by atoms with E-state index in [9.17, 15) is 19.7 Å². The van der Waals surface area contributed by atoms with Crippen LogP contribution in [0.15, 0.2) is 30.3 Å². The number of carbonyl (C=O) groups excluding carboxylic acids is 2. The van der Waals surface area contributed by atoms with Crippen LogP contribution < -0.4 is 5.48 Å². The Bertz CT molecular complexity index is 448. The molecule has 0 saturated heterocycles. The number of nitrogens with zero attached hydrogens (tertiary/aromatic N) is 2. The molecular formula is C10H11N3O5. The van der Waals surface area contributed by atoms with Crippen molar-refractivity contribution in [1.29, 1.82) is 0 Å². The van der Waals surface area contributed by atoms with Crippen LogP contribution in [-0.4, -0.2) is 33.6 Å². The van der Waals surface area contributed by atoms with Crippen LogP contribution in [0.4, 0.5) is 0 Å². The monoisotopic (exact) mass is 253 g/mol. The van der Waals surface area contributed by atoms with Gasteiger partial charge >= 0.3 is 5.91 Å². The van der Waals surface area contributed by atoms with Crippen LogP contribution >= 0.6 is 0 Å². The van der Waals surface area contributed by atoms with Crippen LogP contribution in [0.2, 0.25) is 0 Å². The summed E-state index contributed by atoms with van der Waals surface area (Å²) in [6, 6.07) is 7.69. The van der Waals surface area contributed by atoms with Gasteiger partial charge in [-0.25, -0.2) is 15.6 Å². The first-order valence-electron chi connectivity index (χ1n) is 5.00. The lowest BCUT2D eigenvalue weighted by Gasteiger charge is -2.11. The summed E-state index contributed by atoms with van der Waals surface area (Å²) in [7, 11) is 0. The van der Waals surface area contributed by atoms with Crippen molar-refractivity contribution in [1.82, 2.24) is 10.5 Å². The highest BCUT2D eigenvalue weighted by atomic mass is 16.7. The molecule has 0 radical (unpaired) electrons. The van der Waals surface area contributed by atoms with Crippen LogP contribution in [-0.2, 0) is 4.79 Å². The molecule has 18 heavy (non-hydrogen) atoms. The Balaban J connectivity index is 2.77. The molecule has 1 aromatic carbocycles. The zero-order chi connectivity index (χ0) is 13.5. The Morgan fingerprint density at radius 3 is 2.44 bits per heavy atom. The molecule has 96 valence electrons. The molecule has 0 atom stereocenters. The molecule has 0 saturated carbocycles. The van der Waals surface area contributed by atoms with Crippen LogP contribution in [0.25, 0.3) is 0 Å². The number of hydrogen-bond donors (Lipinski definition) is 2. The quantitative estimate of drug-likeness (QED) is 0.442. The first-order valence-corrected chi connectivity index (χ1v) is 5.00. The Morgan fingerprint density at radius 1 is 1.33 bits per heavy atom. The molecule has 0 aliphatic carbocycles. The predicted octanol–water partition coefficient (Wildman–Crippen LogP) is 0.216. The van der Waals surface area contributed by atoms with Crippen molar-refractivity contribution < 1.29 is 19.8 Å². The van der Waals surface area contributed by atoms with E-state index in [0.717, 1.165) is 0 Å². The molecule has 0 aliphatic heterocycles. The highest BCUT2D eigenvalue weighted by Crippen LogP contribution is 2.05. The largest absolute Gasteiger partial charge is 0.313 e. The molecule has 0 spiro atoms. The number of carbonyl (C=O) groups is 2. The minimum Gasteiger partial charge on any atom is -0.289 e. The van der Waals surface area contributed by atoms with Crippen molar-refractivity contribution in [3.63, 3.8) is 0 Å². The van der Waals surface area contributed by atoms with Gasteiger partial charge in [-0.2, -0.15) is 0 Å². The molecule has 8 nitrogen and oxygen atoms in total. The van der Waals surface area contributed by atoms with Crippen LogP contribution in [0.1, 0.15) is 16.8 Å². The van der Waals surface area contributed by atoms with E-state index in [-0.39, 0.29) is 12.0 Å². The maximum absolute atomic E-state index is 11.8. The average Bonchev–Trinajstić information content (AvgIpc) is 2.39.